The molecule has 2 rings (SSSR count). The average Bonchev–Trinajstić information content (AvgIpc) is 2.32. The summed E-state index contributed by atoms with van der Waals surface area (Å²) in [6.07, 6.45) is 1.72. The summed E-state index contributed by atoms with van der Waals surface area (Å²) in [6.45, 7) is 1.92. The molecule has 0 amide bonds. The minimum atomic E-state index is 0.666. The van der Waals surface area contributed by atoms with E-state index in [9.17, 15) is 0 Å². The average molecular weight is 241 g/mol. The lowest BCUT2D eigenvalue weighted by atomic mass is 10.1. The first-order valence-electron chi connectivity index (χ1n) is 5.10. The summed E-state index contributed by atoms with van der Waals surface area (Å²) in [4.78, 5) is 5.25. The van der Waals surface area contributed by atoms with Crippen LogP contribution >= 0.6 is 11.8 Å². The van der Waals surface area contributed by atoms with Gasteiger partial charge >= 0.3 is 0 Å². The van der Waals surface area contributed by atoms with E-state index in [0.29, 0.717) is 11.3 Å². The molecular weight excluding hydrogens is 230 g/mol. The normalized spacial score (nSPS) is 9.88. The minimum Gasteiger partial charge on any atom is -0.397 e. The van der Waals surface area contributed by atoms with Crippen LogP contribution in [0.25, 0.3) is 0 Å². The van der Waals surface area contributed by atoms with Gasteiger partial charge in [0.05, 0.1) is 17.3 Å². The summed E-state index contributed by atoms with van der Waals surface area (Å²) in [7, 11) is 0. The maximum atomic E-state index is 8.85. The number of nitrogen functional groups attached to an aromatic ring is 1. The molecule has 1 aromatic heterocycles. The van der Waals surface area contributed by atoms with E-state index < -0.39 is 0 Å². The zero-order valence-electron chi connectivity index (χ0n) is 9.34. The number of pyridine rings is 1. The molecule has 0 spiro atoms. The monoisotopic (exact) mass is 241 g/mol. The van der Waals surface area contributed by atoms with Crippen molar-refractivity contribution in [2.24, 2.45) is 0 Å². The van der Waals surface area contributed by atoms with Gasteiger partial charge in [-0.1, -0.05) is 11.8 Å². The third-order valence-corrected chi connectivity index (χ3v) is 3.36. The smallest absolute Gasteiger partial charge is 0.124 e. The summed E-state index contributed by atoms with van der Waals surface area (Å²) in [6, 6.07) is 11.5. The Kier molecular flexibility index (Phi) is 3.31. The molecule has 2 aromatic rings. The Hall–Kier alpha value is -1.99. The zero-order chi connectivity index (χ0) is 12.3. The predicted octanol–water partition coefficient (Wildman–Crippen LogP) is 3.00. The van der Waals surface area contributed by atoms with E-state index >= 15 is 0 Å². The van der Waals surface area contributed by atoms with Crippen molar-refractivity contribution < 1.29 is 0 Å². The summed E-state index contributed by atoms with van der Waals surface area (Å²) >= 11 is 1.50. The highest BCUT2D eigenvalue weighted by Gasteiger charge is 2.04. The van der Waals surface area contributed by atoms with Gasteiger partial charge in [0, 0.05) is 11.1 Å². The highest BCUT2D eigenvalue weighted by Crippen LogP contribution is 2.30. The fraction of sp³-hybridized carbons (Fsp3) is 0.0769. The van der Waals surface area contributed by atoms with Crippen molar-refractivity contribution in [3.05, 3.63) is 47.7 Å². The first-order valence-corrected chi connectivity index (χ1v) is 5.91. The second-order valence-electron chi connectivity index (χ2n) is 3.59. The lowest BCUT2D eigenvalue weighted by Crippen LogP contribution is -1.90. The molecule has 4 heteroatoms. The van der Waals surface area contributed by atoms with E-state index in [1.165, 1.54) is 11.8 Å². The van der Waals surface area contributed by atoms with E-state index in [0.717, 1.165) is 15.5 Å². The van der Waals surface area contributed by atoms with Crippen molar-refractivity contribution in [2.45, 2.75) is 16.8 Å². The molecule has 0 aliphatic heterocycles. The number of nitrogens with zero attached hydrogens (tertiary/aromatic N) is 2. The molecule has 0 aliphatic rings. The highest BCUT2D eigenvalue weighted by molar-refractivity contribution is 7.99. The molecule has 84 valence electrons. The van der Waals surface area contributed by atoms with Crippen molar-refractivity contribution in [1.82, 2.24) is 4.98 Å². The van der Waals surface area contributed by atoms with Gasteiger partial charge in [-0.05, 0) is 42.8 Å². The maximum absolute atomic E-state index is 8.85. The minimum absolute atomic E-state index is 0.666. The molecule has 0 saturated carbocycles. The van der Waals surface area contributed by atoms with Crippen LogP contribution in [0.4, 0.5) is 5.69 Å². The molecule has 3 nitrogen and oxygen atoms in total. The third kappa shape index (κ3) is 2.58. The molecule has 17 heavy (non-hydrogen) atoms. The second-order valence-corrected chi connectivity index (χ2v) is 4.65. The number of nitrogens with two attached hydrogens (primary N) is 1. The predicted molar refractivity (Wildman–Crippen MR) is 68.7 cm³/mol. The first kappa shape index (κ1) is 11.5. The lowest BCUT2D eigenvalue weighted by molar-refractivity contribution is 1.14. The van der Waals surface area contributed by atoms with Crippen LogP contribution in [0, 0.1) is 18.3 Å². The third-order valence-electron chi connectivity index (χ3n) is 2.33. The largest absolute Gasteiger partial charge is 0.397 e. The van der Waals surface area contributed by atoms with Gasteiger partial charge in [-0.3, -0.25) is 0 Å². The van der Waals surface area contributed by atoms with Crippen molar-refractivity contribution in [3.63, 3.8) is 0 Å². The van der Waals surface area contributed by atoms with Crippen molar-refractivity contribution >= 4 is 17.4 Å². The molecule has 1 aromatic carbocycles. The Morgan fingerprint density at radius 3 is 2.82 bits per heavy atom. The number of nitriles is 1. The summed E-state index contributed by atoms with van der Waals surface area (Å²) in [5, 5.41) is 9.64. The molecule has 1 heterocycles. The zero-order valence-corrected chi connectivity index (χ0v) is 10.2. The van der Waals surface area contributed by atoms with Crippen LogP contribution < -0.4 is 5.73 Å². The fourth-order valence-electron chi connectivity index (χ4n) is 1.43. The molecule has 0 bridgehead atoms. The standard InChI is InChI=1S/C13H11N3S/c1-9-7-11(5-4-10(9)8-14)17-13-12(15)3-2-6-16-13/h2-7H,15H2,1H3. The Morgan fingerprint density at radius 1 is 1.35 bits per heavy atom. The van der Waals surface area contributed by atoms with Crippen LogP contribution in [0.2, 0.25) is 0 Å². The second kappa shape index (κ2) is 4.89. The molecular formula is C13H11N3S. The van der Waals surface area contributed by atoms with Gasteiger partial charge < -0.3 is 5.73 Å². The van der Waals surface area contributed by atoms with Gasteiger partial charge in [0.15, 0.2) is 0 Å². The molecule has 0 radical (unpaired) electrons. The summed E-state index contributed by atoms with van der Waals surface area (Å²) < 4.78 is 0. The molecule has 0 fully saturated rings. The Balaban J connectivity index is 2.29. The van der Waals surface area contributed by atoms with E-state index in [1.807, 2.05) is 37.3 Å². The first-order chi connectivity index (χ1) is 8.20. The van der Waals surface area contributed by atoms with Gasteiger partial charge in [-0.15, -0.1) is 0 Å². The topological polar surface area (TPSA) is 62.7 Å². The number of benzene rings is 1. The number of hydrogen-bond donors (Lipinski definition) is 1. The Labute approximate surface area is 104 Å². The van der Waals surface area contributed by atoms with E-state index in [2.05, 4.69) is 11.1 Å². The van der Waals surface area contributed by atoms with E-state index in [-0.39, 0.29) is 0 Å². The van der Waals surface area contributed by atoms with Crippen molar-refractivity contribution in [3.8, 4) is 6.07 Å². The molecule has 0 aliphatic carbocycles. The van der Waals surface area contributed by atoms with Gasteiger partial charge in [0.25, 0.3) is 0 Å². The van der Waals surface area contributed by atoms with E-state index in [4.69, 9.17) is 11.0 Å². The van der Waals surface area contributed by atoms with Crippen LogP contribution in [-0.2, 0) is 0 Å². The fourth-order valence-corrected chi connectivity index (χ4v) is 2.32. The van der Waals surface area contributed by atoms with Gasteiger partial charge in [0.2, 0.25) is 0 Å². The Morgan fingerprint density at radius 2 is 2.18 bits per heavy atom. The number of hydrogen-bond acceptors (Lipinski definition) is 4. The van der Waals surface area contributed by atoms with Gasteiger partial charge in [0.1, 0.15) is 5.03 Å². The van der Waals surface area contributed by atoms with Crippen LogP contribution in [-0.4, -0.2) is 4.98 Å². The number of anilines is 1. The highest BCUT2D eigenvalue weighted by atomic mass is 32.2. The molecule has 0 unspecified atom stereocenters. The summed E-state index contributed by atoms with van der Waals surface area (Å²) in [5.74, 6) is 0. The van der Waals surface area contributed by atoms with Crippen LogP contribution in [0.1, 0.15) is 11.1 Å². The van der Waals surface area contributed by atoms with Gasteiger partial charge in [-0.2, -0.15) is 5.26 Å². The van der Waals surface area contributed by atoms with Gasteiger partial charge in [-0.25, -0.2) is 4.98 Å². The quantitative estimate of drug-likeness (QED) is 0.878. The van der Waals surface area contributed by atoms with Crippen molar-refractivity contribution in [2.75, 3.05) is 5.73 Å². The number of rotatable bonds is 2. The Bertz CT molecular complexity index is 587. The van der Waals surface area contributed by atoms with E-state index in [1.54, 1.807) is 6.20 Å². The van der Waals surface area contributed by atoms with Crippen molar-refractivity contribution in [1.29, 1.82) is 5.26 Å². The van der Waals surface area contributed by atoms with Crippen LogP contribution in [0.3, 0.4) is 0 Å². The molecule has 0 atom stereocenters. The summed E-state index contributed by atoms with van der Waals surface area (Å²) in [5.41, 5.74) is 8.16. The molecule has 2 N–H and O–H groups in total. The number of aromatic nitrogens is 1. The van der Waals surface area contributed by atoms with Crippen LogP contribution in [0.5, 0.6) is 0 Å². The number of aryl methyl sites for hydroxylation is 1. The molecule has 0 saturated heterocycles. The maximum Gasteiger partial charge on any atom is 0.124 e. The SMILES string of the molecule is Cc1cc(Sc2ncccc2N)ccc1C#N. The van der Waals surface area contributed by atoms with Crippen LogP contribution in [0.15, 0.2) is 46.5 Å². The lowest BCUT2D eigenvalue weighted by Gasteiger charge is -2.05.